The van der Waals surface area contributed by atoms with Gasteiger partial charge in [-0.05, 0) is 50.8 Å². The Hall–Kier alpha value is -1.95. The third-order valence-corrected chi connectivity index (χ3v) is 8.96. The molecule has 0 spiro atoms. The Kier molecular flexibility index (Phi) is 7.78. The molecule has 0 aromatic heterocycles. The highest BCUT2D eigenvalue weighted by atomic mass is 19.4. The number of nitrogens with one attached hydrogen (secondary N) is 5. The van der Waals surface area contributed by atoms with Gasteiger partial charge in [-0.25, -0.2) is 4.90 Å². The van der Waals surface area contributed by atoms with Gasteiger partial charge in [0.25, 0.3) is 0 Å². The minimum Gasteiger partial charge on any atom is -0.406 e. The summed E-state index contributed by atoms with van der Waals surface area (Å²) in [6.45, 7) is 1.56. The molecule has 0 radical (unpaired) electrons. The van der Waals surface area contributed by atoms with Crippen molar-refractivity contribution in [2.75, 3.05) is 37.6 Å². The molecule has 1 aliphatic carbocycles. The van der Waals surface area contributed by atoms with E-state index in [0.29, 0.717) is 37.5 Å². The SMILES string of the molecule is CN(C[C@H]1O[C@@H](N2CNC3C(N)NCNC32)[C@H](O)[C@@H]1O)C1CC(CCC2Nc3ccc(OC(F)(F)F)cc3N2)C1. The van der Waals surface area contributed by atoms with E-state index in [0.717, 1.165) is 31.4 Å². The molecule has 4 aliphatic heterocycles. The molecule has 1 aromatic carbocycles. The first-order valence-corrected chi connectivity index (χ1v) is 13.9. The van der Waals surface area contributed by atoms with Gasteiger partial charge < -0.3 is 41.0 Å². The zero-order valence-corrected chi connectivity index (χ0v) is 22.3. The highest BCUT2D eigenvalue weighted by Gasteiger charge is 2.52. The number of alkyl halides is 3. The van der Waals surface area contributed by atoms with E-state index in [1.807, 2.05) is 11.9 Å². The van der Waals surface area contributed by atoms with E-state index in [9.17, 15) is 23.4 Å². The third-order valence-electron chi connectivity index (χ3n) is 8.96. The molecule has 4 unspecified atom stereocenters. The van der Waals surface area contributed by atoms with Gasteiger partial charge in [0.15, 0.2) is 0 Å². The minimum atomic E-state index is -4.72. The summed E-state index contributed by atoms with van der Waals surface area (Å²) >= 11 is 0. The highest BCUT2D eigenvalue weighted by Crippen LogP contribution is 2.39. The van der Waals surface area contributed by atoms with Crippen molar-refractivity contribution in [1.29, 1.82) is 0 Å². The number of fused-ring (bicyclic) bond motifs is 2. The molecular weight excluding hydrogens is 533 g/mol. The maximum Gasteiger partial charge on any atom is 0.573 e. The van der Waals surface area contributed by atoms with E-state index < -0.39 is 30.9 Å². The van der Waals surface area contributed by atoms with Gasteiger partial charge in [0.1, 0.15) is 30.3 Å². The number of likely N-dealkylation sites (N-methyl/N-ethyl adjacent to an activating group) is 1. The lowest BCUT2D eigenvalue weighted by molar-refractivity contribution is -0.274. The number of aliphatic hydroxyl groups is 2. The van der Waals surface area contributed by atoms with Gasteiger partial charge in [-0.15, -0.1) is 13.2 Å². The Morgan fingerprint density at radius 1 is 1.10 bits per heavy atom. The molecule has 4 heterocycles. The number of ether oxygens (including phenoxy) is 2. The van der Waals surface area contributed by atoms with Crippen LogP contribution in [0.3, 0.4) is 0 Å². The van der Waals surface area contributed by atoms with Crippen molar-refractivity contribution in [3.05, 3.63) is 18.2 Å². The number of nitrogens with zero attached hydrogens (tertiary/aromatic N) is 2. The molecule has 12 nitrogen and oxygen atoms in total. The van der Waals surface area contributed by atoms with Crippen molar-refractivity contribution in [3.8, 4) is 5.75 Å². The smallest absolute Gasteiger partial charge is 0.406 e. The fraction of sp³-hybridized carbons (Fsp3) is 0.760. The zero-order chi connectivity index (χ0) is 28.2. The van der Waals surface area contributed by atoms with Crippen LogP contribution in [0.4, 0.5) is 24.5 Å². The van der Waals surface area contributed by atoms with E-state index in [4.69, 9.17) is 10.5 Å². The second-order valence-corrected chi connectivity index (χ2v) is 11.6. The average molecular weight is 573 g/mol. The number of nitrogens with two attached hydrogens (primary N) is 1. The van der Waals surface area contributed by atoms with Crippen LogP contribution < -0.4 is 37.1 Å². The molecule has 1 aromatic rings. The van der Waals surface area contributed by atoms with Crippen LogP contribution >= 0.6 is 0 Å². The predicted octanol–water partition coefficient (Wildman–Crippen LogP) is -0.321. The molecule has 15 heteroatoms. The van der Waals surface area contributed by atoms with Gasteiger partial charge in [-0.1, -0.05) is 0 Å². The number of aliphatic hydroxyl groups excluding tert-OH is 2. The van der Waals surface area contributed by atoms with Crippen LogP contribution in [0, 0.1) is 5.92 Å². The number of hydrogen-bond acceptors (Lipinski definition) is 12. The molecular formula is C25H39F3N8O4. The summed E-state index contributed by atoms with van der Waals surface area (Å²) in [5.41, 5.74) is 7.53. The van der Waals surface area contributed by atoms with Crippen molar-refractivity contribution in [2.24, 2.45) is 11.7 Å². The van der Waals surface area contributed by atoms with Gasteiger partial charge in [0.05, 0.1) is 42.6 Å². The first-order valence-electron chi connectivity index (χ1n) is 13.9. The highest BCUT2D eigenvalue weighted by molar-refractivity contribution is 5.75. The monoisotopic (exact) mass is 572 g/mol. The van der Waals surface area contributed by atoms with Crippen LogP contribution in [0.15, 0.2) is 18.2 Å². The first-order chi connectivity index (χ1) is 19.1. The van der Waals surface area contributed by atoms with Crippen LogP contribution in [0.5, 0.6) is 5.75 Å². The Morgan fingerprint density at radius 3 is 2.65 bits per heavy atom. The summed E-state index contributed by atoms with van der Waals surface area (Å²) in [5.74, 6) is 0.300. The van der Waals surface area contributed by atoms with Crippen molar-refractivity contribution < 1.29 is 32.9 Å². The minimum absolute atomic E-state index is 0.0278. The molecule has 8 atom stereocenters. The fourth-order valence-electron chi connectivity index (χ4n) is 6.66. The molecule has 40 heavy (non-hydrogen) atoms. The van der Waals surface area contributed by atoms with Crippen molar-refractivity contribution >= 4 is 11.4 Å². The molecule has 224 valence electrons. The maximum absolute atomic E-state index is 12.5. The van der Waals surface area contributed by atoms with Gasteiger partial charge in [-0.3, -0.25) is 16.0 Å². The van der Waals surface area contributed by atoms with Crippen LogP contribution in [-0.2, 0) is 4.74 Å². The molecule has 0 bridgehead atoms. The standard InChI is InChI=1S/C25H39F3N8O4/c1-35(9-17-20(37)21(38)24(39-17)36-11-32-19-22(29)30-10-31-23(19)36)13-6-12(7-13)2-5-18-33-15-4-3-14(8-16(15)34-18)40-25(26,27)28/h3-4,8,12-13,17-24,30-34,37-38H,2,5-7,9-11,29H2,1H3/t12?,13?,17-,18?,19?,20-,21-,22?,23?,24-/m1/s1. The second kappa shape index (κ2) is 11.0. The van der Waals surface area contributed by atoms with Crippen molar-refractivity contribution in [3.63, 3.8) is 0 Å². The zero-order valence-electron chi connectivity index (χ0n) is 22.3. The van der Waals surface area contributed by atoms with E-state index in [1.165, 1.54) is 12.1 Å². The van der Waals surface area contributed by atoms with E-state index >= 15 is 0 Å². The van der Waals surface area contributed by atoms with E-state index in [-0.39, 0.29) is 30.3 Å². The topological polar surface area (TPSA) is 152 Å². The summed E-state index contributed by atoms with van der Waals surface area (Å²) in [6.07, 6.45) is -4.36. The molecule has 1 saturated carbocycles. The van der Waals surface area contributed by atoms with E-state index in [2.05, 4.69) is 36.2 Å². The molecule has 3 saturated heterocycles. The van der Waals surface area contributed by atoms with Crippen LogP contribution in [0.25, 0.3) is 0 Å². The van der Waals surface area contributed by atoms with Gasteiger partial charge in [0, 0.05) is 25.3 Å². The normalized spacial score (nSPS) is 39.4. The summed E-state index contributed by atoms with van der Waals surface area (Å²) in [4.78, 5) is 4.19. The second-order valence-electron chi connectivity index (χ2n) is 11.6. The van der Waals surface area contributed by atoms with Crippen molar-refractivity contribution in [2.45, 2.75) is 87.2 Å². The largest absolute Gasteiger partial charge is 0.573 e. The van der Waals surface area contributed by atoms with Crippen LogP contribution in [0.2, 0.25) is 0 Å². The Bertz CT molecular complexity index is 1050. The summed E-state index contributed by atoms with van der Waals surface area (Å²) in [6, 6.07) is 4.60. The third kappa shape index (κ3) is 5.71. The maximum atomic E-state index is 12.5. The number of halogens is 3. The quantitative estimate of drug-likeness (QED) is 0.206. The Morgan fingerprint density at radius 2 is 1.88 bits per heavy atom. The average Bonchev–Trinajstić information content (AvgIpc) is 3.54. The van der Waals surface area contributed by atoms with Crippen molar-refractivity contribution in [1.82, 2.24) is 25.8 Å². The number of anilines is 2. The molecule has 0 amide bonds. The van der Waals surface area contributed by atoms with Crippen LogP contribution in [0.1, 0.15) is 25.7 Å². The molecule has 4 fully saturated rings. The predicted molar refractivity (Wildman–Crippen MR) is 140 cm³/mol. The number of hydrogen-bond donors (Lipinski definition) is 8. The first kappa shape index (κ1) is 28.2. The van der Waals surface area contributed by atoms with Gasteiger partial charge in [0.2, 0.25) is 0 Å². The van der Waals surface area contributed by atoms with Gasteiger partial charge >= 0.3 is 6.36 Å². The number of rotatable bonds is 8. The Balaban J connectivity index is 0.931. The molecule has 9 N–H and O–H groups in total. The molecule has 6 rings (SSSR count). The summed E-state index contributed by atoms with van der Waals surface area (Å²) in [5, 5.41) is 38.0. The lowest BCUT2D eigenvalue weighted by atomic mass is 9.76. The van der Waals surface area contributed by atoms with Gasteiger partial charge in [-0.2, -0.15) is 0 Å². The number of benzene rings is 1. The lowest BCUT2D eigenvalue weighted by Gasteiger charge is -2.42. The summed E-state index contributed by atoms with van der Waals surface area (Å²) in [7, 11) is 2.02. The summed E-state index contributed by atoms with van der Waals surface area (Å²) < 4.78 is 47.7. The Labute approximate surface area is 230 Å². The molecule has 5 aliphatic rings. The van der Waals surface area contributed by atoms with E-state index in [1.54, 1.807) is 6.07 Å². The lowest BCUT2D eigenvalue weighted by Crippen LogP contribution is -2.68. The van der Waals surface area contributed by atoms with Crippen LogP contribution in [-0.4, -0.2) is 108 Å². The fourth-order valence-corrected chi connectivity index (χ4v) is 6.66.